The first-order chi connectivity index (χ1) is 9.73. The first-order valence-corrected chi connectivity index (χ1v) is 6.41. The highest BCUT2D eigenvalue weighted by atomic mass is 19.4. The highest BCUT2D eigenvalue weighted by Crippen LogP contribution is 2.17. The minimum Gasteiger partial charge on any atom is -0.480 e. The van der Waals surface area contributed by atoms with Crippen molar-refractivity contribution in [3.63, 3.8) is 0 Å². The summed E-state index contributed by atoms with van der Waals surface area (Å²) in [5.41, 5.74) is 0. The second-order valence-corrected chi connectivity index (χ2v) is 4.73. The maximum absolute atomic E-state index is 12.2. The van der Waals surface area contributed by atoms with Gasteiger partial charge in [-0.1, -0.05) is 0 Å². The average molecular weight is 313 g/mol. The summed E-state index contributed by atoms with van der Waals surface area (Å²) >= 11 is 0. The lowest BCUT2D eigenvalue weighted by Crippen LogP contribution is -2.55. The predicted molar refractivity (Wildman–Crippen MR) is 65.7 cm³/mol. The summed E-state index contributed by atoms with van der Waals surface area (Å²) in [5.74, 6) is -1.27. The number of carboxylic acid groups (broad SMARTS) is 1. The maximum atomic E-state index is 12.2. The quantitative estimate of drug-likeness (QED) is 0.649. The average Bonchev–Trinajstić information content (AvgIpc) is 2.36. The number of carbonyl (C=O) groups is 2. The minimum atomic E-state index is -4.28. The third-order valence-electron chi connectivity index (χ3n) is 3.08. The van der Waals surface area contributed by atoms with Gasteiger partial charge >= 0.3 is 18.2 Å². The molecular weight excluding hydrogens is 295 g/mol. The molecule has 0 aromatic rings. The van der Waals surface area contributed by atoms with E-state index < -0.39 is 37.4 Å². The zero-order chi connectivity index (χ0) is 16.0. The Morgan fingerprint density at radius 2 is 1.76 bits per heavy atom. The molecule has 0 aromatic carbocycles. The monoisotopic (exact) mass is 313 g/mol. The van der Waals surface area contributed by atoms with E-state index in [0.717, 1.165) is 0 Å². The van der Waals surface area contributed by atoms with Crippen molar-refractivity contribution in [1.29, 1.82) is 0 Å². The van der Waals surface area contributed by atoms with E-state index in [-0.39, 0.29) is 32.6 Å². The van der Waals surface area contributed by atoms with Crippen molar-refractivity contribution in [1.82, 2.24) is 15.1 Å². The highest BCUT2D eigenvalue weighted by molar-refractivity contribution is 5.82. The molecule has 10 heteroatoms. The molecule has 0 aliphatic carbocycles. The van der Waals surface area contributed by atoms with Crippen LogP contribution in [-0.2, 0) is 4.79 Å². The fraction of sp³-hybridized carbons (Fsp3) is 0.818. The number of aliphatic carboxylic acids is 1. The van der Waals surface area contributed by atoms with E-state index in [1.54, 1.807) is 0 Å². The molecule has 0 unspecified atom stereocenters. The maximum Gasteiger partial charge on any atom is 0.401 e. The number of amides is 2. The van der Waals surface area contributed by atoms with E-state index in [4.69, 9.17) is 10.2 Å². The topological polar surface area (TPSA) is 93.1 Å². The zero-order valence-corrected chi connectivity index (χ0v) is 11.3. The number of alkyl halides is 3. The number of carboxylic acids is 1. The SMILES string of the molecule is O=C(O)[C@H](CCO)NC(=O)N1CCN(CC(F)(F)F)CC1. The van der Waals surface area contributed by atoms with Crippen molar-refractivity contribution in [2.45, 2.75) is 18.6 Å². The number of urea groups is 1. The molecule has 0 saturated carbocycles. The van der Waals surface area contributed by atoms with Gasteiger partial charge in [-0.05, 0) is 0 Å². The summed E-state index contributed by atoms with van der Waals surface area (Å²) in [6.07, 6.45) is -4.41. The van der Waals surface area contributed by atoms with Crippen LogP contribution in [0.5, 0.6) is 0 Å². The van der Waals surface area contributed by atoms with Gasteiger partial charge in [-0.25, -0.2) is 9.59 Å². The van der Waals surface area contributed by atoms with Crippen LogP contribution in [0, 0.1) is 0 Å². The number of nitrogens with one attached hydrogen (secondary N) is 1. The summed E-state index contributed by atoms with van der Waals surface area (Å²) in [4.78, 5) is 25.1. The van der Waals surface area contributed by atoms with Gasteiger partial charge in [0.05, 0.1) is 6.54 Å². The molecule has 1 atom stereocenters. The molecule has 0 radical (unpaired) electrons. The molecule has 1 heterocycles. The zero-order valence-electron chi connectivity index (χ0n) is 11.3. The fourth-order valence-corrected chi connectivity index (χ4v) is 1.99. The summed E-state index contributed by atoms with van der Waals surface area (Å²) in [7, 11) is 0. The van der Waals surface area contributed by atoms with Crippen LogP contribution >= 0.6 is 0 Å². The number of hydrogen-bond donors (Lipinski definition) is 3. The number of halogens is 3. The number of aliphatic hydroxyl groups excluding tert-OH is 1. The van der Waals surface area contributed by atoms with Gasteiger partial charge in [0.25, 0.3) is 0 Å². The van der Waals surface area contributed by atoms with Crippen molar-refractivity contribution < 1.29 is 33.0 Å². The van der Waals surface area contributed by atoms with Crippen LogP contribution in [0.3, 0.4) is 0 Å². The number of hydrogen-bond acceptors (Lipinski definition) is 4. The van der Waals surface area contributed by atoms with Crippen LogP contribution in [0.25, 0.3) is 0 Å². The van der Waals surface area contributed by atoms with Crippen molar-refractivity contribution >= 4 is 12.0 Å². The second-order valence-electron chi connectivity index (χ2n) is 4.73. The fourth-order valence-electron chi connectivity index (χ4n) is 1.99. The third kappa shape index (κ3) is 6.17. The lowest BCUT2D eigenvalue weighted by atomic mass is 10.2. The van der Waals surface area contributed by atoms with E-state index in [0.29, 0.717) is 0 Å². The number of rotatable bonds is 5. The summed E-state index contributed by atoms with van der Waals surface area (Å²) in [5, 5.41) is 19.8. The Hall–Kier alpha value is -1.55. The lowest BCUT2D eigenvalue weighted by Gasteiger charge is -2.35. The molecule has 0 bridgehead atoms. The van der Waals surface area contributed by atoms with Crippen LogP contribution in [0.1, 0.15) is 6.42 Å². The predicted octanol–water partition coefficient (Wildman–Crippen LogP) is -0.288. The van der Waals surface area contributed by atoms with Crippen LogP contribution in [0.15, 0.2) is 0 Å². The van der Waals surface area contributed by atoms with Crippen molar-refractivity contribution in [2.75, 3.05) is 39.3 Å². The van der Waals surface area contributed by atoms with Crippen molar-refractivity contribution in [3.05, 3.63) is 0 Å². The third-order valence-corrected chi connectivity index (χ3v) is 3.08. The highest BCUT2D eigenvalue weighted by Gasteiger charge is 2.33. The molecule has 1 saturated heterocycles. The van der Waals surface area contributed by atoms with Crippen molar-refractivity contribution in [2.24, 2.45) is 0 Å². The molecule has 2 amide bonds. The molecule has 1 aliphatic heterocycles. The first-order valence-electron chi connectivity index (χ1n) is 6.41. The minimum absolute atomic E-state index is 0.0741. The number of carbonyl (C=O) groups excluding carboxylic acids is 1. The van der Waals surface area contributed by atoms with Gasteiger partial charge < -0.3 is 20.4 Å². The molecular formula is C11H18F3N3O4. The van der Waals surface area contributed by atoms with E-state index in [2.05, 4.69) is 5.32 Å². The molecule has 3 N–H and O–H groups in total. The first kappa shape index (κ1) is 17.5. The lowest BCUT2D eigenvalue weighted by molar-refractivity contribution is -0.148. The van der Waals surface area contributed by atoms with Crippen LogP contribution in [0.2, 0.25) is 0 Å². The number of aliphatic hydroxyl groups is 1. The largest absolute Gasteiger partial charge is 0.480 e. The Balaban J connectivity index is 2.42. The van der Waals surface area contributed by atoms with E-state index in [9.17, 15) is 22.8 Å². The van der Waals surface area contributed by atoms with Crippen LogP contribution in [0.4, 0.5) is 18.0 Å². The normalized spacial score (nSPS) is 18.4. The van der Waals surface area contributed by atoms with Gasteiger partial charge in [-0.15, -0.1) is 0 Å². The van der Waals surface area contributed by atoms with E-state index in [1.807, 2.05) is 0 Å². The van der Waals surface area contributed by atoms with E-state index in [1.165, 1.54) is 9.80 Å². The smallest absolute Gasteiger partial charge is 0.401 e. The standard InChI is InChI=1S/C11H18F3N3O4/c12-11(13,14)7-16-2-4-17(5-3-16)10(21)15-8(1-6-18)9(19)20/h8,18H,1-7H2,(H,15,21)(H,19,20)/t8-/m0/s1. The van der Waals surface area contributed by atoms with Crippen LogP contribution in [-0.4, -0.2) is 83.6 Å². The number of piperazine rings is 1. The van der Waals surface area contributed by atoms with Gasteiger partial charge in [-0.3, -0.25) is 4.90 Å². The summed E-state index contributed by atoms with van der Waals surface area (Å²) in [6.45, 7) is -1.09. The molecule has 1 fully saturated rings. The summed E-state index contributed by atoms with van der Waals surface area (Å²) in [6, 6.07) is -1.86. The Kier molecular flexibility index (Phi) is 6.21. The molecule has 0 spiro atoms. The Morgan fingerprint density at radius 1 is 1.19 bits per heavy atom. The Labute approximate surface area is 119 Å². The van der Waals surface area contributed by atoms with Gasteiger partial charge in [0.1, 0.15) is 6.04 Å². The Morgan fingerprint density at radius 3 is 2.19 bits per heavy atom. The van der Waals surface area contributed by atoms with Gasteiger partial charge in [0.15, 0.2) is 0 Å². The number of nitrogens with zero attached hydrogens (tertiary/aromatic N) is 2. The molecule has 7 nitrogen and oxygen atoms in total. The van der Waals surface area contributed by atoms with Gasteiger partial charge in [0.2, 0.25) is 0 Å². The molecule has 122 valence electrons. The van der Waals surface area contributed by atoms with Gasteiger partial charge in [-0.2, -0.15) is 13.2 Å². The second kappa shape index (κ2) is 7.46. The molecule has 1 aliphatic rings. The molecule has 1 rings (SSSR count). The molecule has 0 aromatic heterocycles. The Bertz CT molecular complexity index is 370. The van der Waals surface area contributed by atoms with E-state index >= 15 is 0 Å². The molecule has 21 heavy (non-hydrogen) atoms. The van der Waals surface area contributed by atoms with Gasteiger partial charge in [0, 0.05) is 39.2 Å². The summed E-state index contributed by atoms with van der Waals surface area (Å²) < 4.78 is 36.7. The van der Waals surface area contributed by atoms with Crippen LogP contribution < -0.4 is 5.32 Å². The van der Waals surface area contributed by atoms with Crippen molar-refractivity contribution in [3.8, 4) is 0 Å².